The number of rotatable bonds is 5. The average molecular weight is 417 g/mol. The Kier molecular flexibility index (Phi) is 4.99. The summed E-state index contributed by atoms with van der Waals surface area (Å²) in [4.78, 5) is 21.8. The summed E-state index contributed by atoms with van der Waals surface area (Å²) in [5.74, 6) is 0.826. The molecule has 1 amide bonds. The van der Waals surface area contributed by atoms with Crippen LogP contribution in [-0.4, -0.2) is 38.1 Å². The molecule has 4 aromatic rings. The number of ether oxygens (including phenoxy) is 1. The van der Waals surface area contributed by atoms with Crippen LogP contribution in [0.1, 0.15) is 40.3 Å². The summed E-state index contributed by atoms with van der Waals surface area (Å²) in [5.41, 5.74) is 4.70. The van der Waals surface area contributed by atoms with E-state index in [0.717, 1.165) is 41.8 Å². The number of anilines is 1. The van der Waals surface area contributed by atoms with Crippen LogP contribution < -0.4 is 5.32 Å². The van der Waals surface area contributed by atoms with Gasteiger partial charge in [-0.3, -0.25) is 9.20 Å². The number of nitrogens with one attached hydrogen (secondary N) is 1. The van der Waals surface area contributed by atoms with E-state index >= 15 is 0 Å². The van der Waals surface area contributed by atoms with Crippen LogP contribution >= 0.6 is 0 Å². The predicted molar refractivity (Wildman–Crippen MR) is 115 cm³/mol. The number of aromatic nitrogens is 4. The predicted octanol–water partition coefficient (Wildman–Crippen LogP) is 3.97. The van der Waals surface area contributed by atoms with Crippen molar-refractivity contribution in [2.45, 2.75) is 39.2 Å². The zero-order chi connectivity index (χ0) is 21.4. The first-order valence-corrected chi connectivity index (χ1v) is 10.4. The molecule has 4 heterocycles. The van der Waals surface area contributed by atoms with Crippen molar-refractivity contribution >= 4 is 17.2 Å². The number of fused-ring (bicyclic) bond motifs is 1. The quantitative estimate of drug-likeness (QED) is 0.528. The van der Waals surface area contributed by atoms with Crippen molar-refractivity contribution in [3.8, 4) is 11.4 Å². The highest BCUT2D eigenvalue weighted by atomic mass is 16.5. The van der Waals surface area contributed by atoms with Crippen LogP contribution in [0.25, 0.3) is 17.0 Å². The molecule has 31 heavy (non-hydrogen) atoms. The van der Waals surface area contributed by atoms with Gasteiger partial charge in [0.1, 0.15) is 11.3 Å². The third kappa shape index (κ3) is 3.94. The van der Waals surface area contributed by atoms with Crippen LogP contribution in [0.15, 0.2) is 47.2 Å². The fourth-order valence-corrected chi connectivity index (χ4v) is 3.79. The SMILES string of the molecule is Cc1ccn2c(C(=O)Nc3cc(-c4noc(CC5CCCO5)n4)ccc3C)cnc2c1. The van der Waals surface area contributed by atoms with E-state index in [1.807, 2.05) is 50.4 Å². The van der Waals surface area contributed by atoms with E-state index < -0.39 is 0 Å². The highest BCUT2D eigenvalue weighted by molar-refractivity contribution is 6.04. The van der Waals surface area contributed by atoms with E-state index in [-0.39, 0.29) is 12.0 Å². The van der Waals surface area contributed by atoms with E-state index in [1.54, 1.807) is 10.6 Å². The number of carbonyl (C=O) groups excluding carboxylic acids is 1. The van der Waals surface area contributed by atoms with E-state index in [1.165, 1.54) is 0 Å². The molecule has 3 aromatic heterocycles. The summed E-state index contributed by atoms with van der Waals surface area (Å²) in [6, 6.07) is 9.60. The summed E-state index contributed by atoms with van der Waals surface area (Å²) in [5, 5.41) is 7.10. The molecule has 5 rings (SSSR count). The molecule has 8 heteroatoms. The van der Waals surface area contributed by atoms with Crippen LogP contribution in [0.5, 0.6) is 0 Å². The van der Waals surface area contributed by atoms with Crippen molar-refractivity contribution in [1.29, 1.82) is 0 Å². The Bertz CT molecular complexity index is 1250. The number of hydrogen-bond donors (Lipinski definition) is 1. The lowest BCUT2D eigenvalue weighted by molar-refractivity contribution is 0.102. The molecule has 0 spiro atoms. The van der Waals surface area contributed by atoms with Crippen molar-refractivity contribution in [2.75, 3.05) is 11.9 Å². The summed E-state index contributed by atoms with van der Waals surface area (Å²) in [7, 11) is 0. The average Bonchev–Trinajstić information content (AvgIpc) is 3.51. The Morgan fingerprint density at radius 3 is 3.00 bits per heavy atom. The van der Waals surface area contributed by atoms with Crippen molar-refractivity contribution in [3.05, 3.63) is 65.4 Å². The Hall–Kier alpha value is -3.52. The second-order valence-corrected chi connectivity index (χ2v) is 7.91. The van der Waals surface area contributed by atoms with Gasteiger partial charge < -0.3 is 14.6 Å². The molecule has 0 bridgehead atoms. The molecule has 1 atom stereocenters. The number of imidazole rings is 1. The molecule has 1 aliphatic rings. The van der Waals surface area contributed by atoms with Gasteiger partial charge >= 0.3 is 0 Å². The number of benzene rings is 1. The summed E-state index contributed by atoms with van der Waals surface area (Å²) >= 11 is 0. The maximum absolute atomic E-state index is 12.9. The molecule has 1 saturated heterocycles. The lowest BCUT2D eigenvalue weighted by atomic mass is 10.1. The molecule has 1 aromatic carbocycles. The Morgan fingerprint density at radius 1 is 1.26 bits per heavy atom. The number of pyridine rings is 1. The van der Waals surface area contributed by atoms with Gasteiger partial charge in [0.15, 0.2) is 0 Å². The maximum Gasteiger partial charge on any atom is 0.274 e. The number of carbonyl (C=O) groups is 1. The molecule has 1 fully saturated rings. The first kappa shape index (κ1) is 19.4. The van der Waals surface area contributed by atoms with Gasteiger partial charge in [-0.1, -0.05) is 17.3 Å². The van der Waals surface area contributed by atoms with Crippen LogP contribution in [0.2, 0.25) is 0 Å². The standard InChI is InChI=1S/C23H23N5O3/c1-14-7-8-28-19(13-24-20(28)10-14)23(29)25-18-11-16(6-5-15(18)2)22-26-21(31-27-22)12-17-4-3-9-30-17/h5-8,10-11,13,17H,3-4,9,12H2,1-2H3,(H,25,29). The number of nitrogens with zero attached hydrogens (tertiary/aromatic N) is 4. The molecule has 0 radical (unpaired) electrons. The molecule has 1 N–H and O–H groups in total. The fraction of sp³-hybridized carbons (Fsp3) is 0.304. The van der Waals surface area contributed by atoms with Gasteiger partial charge in [0.2, 0.25) is 11.7 Å². The van der Waals surface area contributed by atoms with Gasteiger partial charge in [0.25, 0.3) is 5.91 Å². The molecular formula is C23H23N5O3. The van der Waals surface area contributed by atoms with Gasteiger partial charge in [-0.05, 0) is 56.0 Å². The monoisotopic (exact) mass is 417 g/mol. The largest absolute Gasteiger partial charge is 0.378 e. The number of hydrogen-bond acceptors (Lipinski definition) is 6. The first-order chi connectivity index (χ1) is 15.1. The van der Waals surface area contributed by atoms with Crippen molar-refractivity contribution in [1.82, 2.24) is 19.5 Å². The van der Waals surface area contributed by atoms with E-state index in [2.05, 4.69) is 20.4 Å². The Morgan fingerprint density at radius 2 is 2.16 bits per heavy atom. The highest BCUT2D eigenvalue weighted by Crippen LogP contribution is 2.25. The molecular weight excluding hydrogens is 394 g/mol. The van der Waals surface area contributed by atoms with Gasteiger partial charge in [-0.25, -0.2) is 4.98 Å². The van der Waals surface area contributed by atoms with Gasteiger partial charge in [-0.2, -0.15) is 4.98 Å². The Labute approximate surface area is 179 Å². The molecule has 158 valence electrons. The minimum Gasteiger partial charge on any atom is -0.378 e. The lowest BCUT2D eigenvalue weighted by Crippen LogP contribution is -2.15. The third-order valence-corrected chi connectivity index (χ3v) is 5.54. The first-order valence-electron chi connectivity index (χ1n) is 10.4. The highest BCUT2D eigenvalue weighted by Gasteiger charge is 2.20. The smallest absolute Gasteiger partial charge is 0.274 e. The molecule has 1 unspecified atom stereocenters. The summed E-state index contributed by atoms with van der Waals surface area (Å²) in [6.07, 6.45) is 6.29. The molecule has 8 nitrogen and oxygen atoms in total. The number of aryl methyl sites for hydroxylation is 2. The van der Waals surface area contributed by atoms with Crippen LogP contribution in [-0.2, 0) is 11.2 Å². The zero-order valence-electron chi connectivity index (χ0n) is 17.5. The van der Waals surface area contributed by atoms with Gasteiger partial charge in [0, 0.05) is 24.1 Å². The fourth-order valence-electron chi connectivity index (χ4n) is 3.79. The maximum atomic E-state index is 12.9. The van der Waals surface area contributed by atoms with Crippen LogP contribution in [0, 0.1) is 13.8 Å². The Balaban J connectivity index is 1.37. The number of amides is 1. The summed E-state index contributed by atoms with van der Waals surface area (Å²) < 4.78 is 12.8. The van der Waals surface area contributed by atoms with E-state index in [4.69, 9.17) is 9.26 Å². The second-order valence-electron chi connectivity index (χ2n) is 7.91. The van der Waals surface area contributed by atoms with Crippen molar-refractivity contribution in [3.63, 3.8) is 0 Å². The third-order valence-electron chi connectivity index (χ3n) is 5.54. The van der Waals surface area contributed by atoms with Gasteiger partial charge in [-0.15, -0.1) is 0 Å². The van der Waals surface area contributed by atoms with Crippen LogP contribution in [0.3, 0.4) is 0 Å². The summed E-state index contributed by atoms with van der Waals surface area (Å²) in [6.45, 7) is 4.72. The van der Waals surface area contributed by atoms with E-state index in [0.29, 0.717) is 29.5 Å². The van der Waals surface area contributed by atoms with E-state index in [9.17, 15) is 4.79 Å². The van der Waals surface area contributed by atoms with Gasteiger partial charge in [0.05, 0.1) is 18.7 Å². The molecule has 1 aliphatic heterocycles. The minimum atomic E-state index is -0.233. The second kappa shape index (κ2) is 7.96. The molecule has 0 saturated carbocycles. The topological polar surface area (TPSA) is 94.5 Å². The van der Waals surface area contributed by atoms with Crippen molar-refractivity contribution in [2.24, 2.45) is 0 Å². The molecule has 0 aliphatic carbocycles. The lowest BCUT2D eigenvalue weighted by Gasteiger charge is -2.09. The minimum absolute atomic E-state index is 0.149. The zero-order valence-corrected chi connectivity index (χ0v) is 17.5. The van der Waals surface area contributed by atoms with Crippen molar-refractivity contribution < 1.29 is 14.1 Å². The normalized spacial score (nSPS) is 16.1. The van der Waals surface area contributed by atoms with Crippen LogP contribution in [0.4, 0.5) is 5.69 Å².